The second kappa shape index (κ2) is 6.45. The first-order valence-corrected chi connectivity index (χ1v) is 7.18. The van der Waals surface area contributed by atoms with E-state index in [9.17, 15) is 9.90 Å². The van der Waals surface area contributed by atoms with Gasteiger partial charge in [0.1, 0.15) is 9.88 Å². The second-order valence-electron chi connectivity index (χ2n) is 5.43. The van der Waals surface area contributed by atoms with Crippen molar-refractivity contribution in [3.63, 3.8) is 0 Å². The van der Waals surface area contributed by atoms with Crippen LogP contribution in [0.2, 0.25) is 0 Å². The number of aromatic nitrogens is 1. The normalized spacial score (nSPS) is 12.1. The zero-order valence-electron chi connectivity index (χ0n) is 11.9. The number of carbonyl (C=O) groups is 1. The van der Waals surface area contributed by atoms with Gasteiger partial charge in [0, 0.05) is 12.0 Å². The van der Waals surface area contributed by atoms with Crippen LogP contribution in [0.15, 0.2) is 0 Å². The highest BCUT2D eigenvalue weighted by atomic mass is 32.1. The van der Waals surface area contributed by atoms with E-state index in [2.05, 4.69) is 4.98 Å². The van der Waals surface area contributed by atoms with Crippen LogP contribution in [0.3, 0.4) is 0 Å². The van der Waals surface area contributed by atoms with Gasteiger partial charge in [0.25, 0.3) is 0 Å². The monoisotopic (exact) mass is 286 g/mol. The average Bonchev–Trinajstić information content (AvgIpc) is 2.72. The van der Waals surface area contributed by atoms with Crippen LogP contribution in [0, 0.1) is 0 Å². The third kappa shape index (κ3) is 4.26. The number of aromatic carboxylic acids is 1. The van der Waals surface area contributed by atoms with E-state index in [1.165, 1.54) is 11.3 Å². The largest absolute Gasteiger partial charge is 0.477 e. The van der Waals surface area contributed by atoms with Crippen molar-refractivity contribution in [1.29, 1.82) is 0 Å². The van der Waals surface area contributed by atoms with E-state index in [4.69, 9.17) is 5.11 Å². The van der Waals surface area contributed by atoms with Crippen molar-refractivity contribution in [1.82, 2.24) is 9.88 Å². The molecular formula is C13H22N2O3S. The first-order valence-electron chi connectivity index (χ1n) is 6.36. The number of hydrogen-bond acceptors (Lipinski definition) is 5. The predicted octanol–water partition coefficient (Wildman–Crippen LogP) is 1.95. The van der Waals surface area contributed by atoms with Gasteiger partial charge in [-0.2, -0.15) is 0 Å². The Hall–Kier alpha value is -0.980. The van der Waals surface area contributed by atoms with Gasteiger partial charge in [-0.3, -0.25) is 4.90 Å². The summed E-state index contributed by atoms with van der Waals surface area (Å²) in [5.74, 6) is -0.918. The maximum absolute atomic E-state index is 11.3. The highest BCUT2D eigenvalue weighted by molar-refractivity contribution is 7.13. The Balaban J connectivity index is 3.01. The molecule has 0 aliphatic carbocycles. The SMILES string of the molecule is CCN(CCO)Cc1nc(C(C)(C)C)c(C(=O)O)s1. The molecule has 0 saturated heterocycles. The van der Waals surface area contributed by atoms with Crippen molar-refractivity contribution >= 4 is 17.3 Å². The molecule has 0 atom stereocenters. The molecule has 0 aromatic carbocycles. The fourth-order valence-corrected chi connectivity index (χ4v) is 2.92. The van der Waals surface area contributed by atoms with Gasteiger partial charge in [-0.25, -0.2) is 9.78 Å². The number of hydrogen-bond donors (Lipinski definition) is 2. The maximum atomic E-state index is 11.3. The molecule has 5 nitrogen and oxygen atoms in total. The van der Waals surface area contributed by atoms with Gasteiger partial charge >= 0.3 is 5.97 Å². The van der Waals surface area contributed by atoms with Gasteiger partial charge in [-0.05, 0) is 6.54 Å². The highest BCUT2D eigenvalue weighted by Crippen LogP contribution is 2.30. The van der Waals surface area contributed by atoms with E-state index >= 15 is 0 Å². The van der Waals surface area contributed by atoms with Crippen molar-refractivity contribution in [2.75, 3.05) is 19.7 Å². The van der Waals surface area contributed by atoms with E-state index in [0.717, 1.165) is 11.6 Å². The van der Waals surface area contributed by atoms with Gasteiger partial charge in [0.15, 0.2) is 0 Å². The van der Waals surface area contributed by atoms with E-state index in [-0.39, 0.29) is 12.0 Å². The fourth-order valence-electron chi connectivity index (χ4n) is 1.77. The number of likely N-dealkylation sites (N-methyl/N-ethyl adjacent to an activating group) is 1. The summed E-state index contributed by atoms with van der Waals surface area (Å²) in [7, 11) is 0. The molecule has 0 amide bonds. The molecule has 0 radical (unpaired) electrons. The number of carboxylic acid groups (broad SMARTS) is 1. The Morgan fingerprint density at radius 3 is 2.42 bits per heavy atom. The molecule has 0 bridgehead atoms. The lowest BCUT2D eigenvalue weighted by Crippen LogP contribution is -2.26. The third-order valence-electron chi connectivity index (χ3n) is 2.80. The van der Waals surface area contributed by atoms with Crippen molar-refractivity contribution < 1.29 is 15.0 Å². The molecule has 6 heteroatoms. The predicted molar refractivity (Wildman–Crippen MR) is 75.8 cm³/mol. The van der Waals surface area contributed by atoms with Crippen LogP contribution in [0.25, 0.3) is 0 Å². The van der Waals surface area contributed by atoms with Crippen molar-refractivity contribution in [3.8, 4) is 0 Å². The van der Waals surface area contributed by atoms with Crippen LogP contribution in [0.5, 0.6) is 0 Å². The summed E-state index contributed by atoms with van der Waals surface area (Å²) in [6.45, 7) is 9.94. The van der Waals surface area contributed by atoms with Crippen LogP contribution in [0.4, 0.5) is 0 Å². The first kappa shape index (κ1) is 16.1. The molecule has 1 rings (SSSR count). The third-order valence-corrected chi connectivity index (χ3v) is 3.83. The summed E-state index contributed by atoms with van der Waals surface area (Å²) in [5.41, 5.74) is 0.358. The summed E-state index contributed by atoms with van der Waals surface area (Å²) in [6.07, 6.45) is 0. The zero-order chi connectivity index (χ0) is 14.6. The van der Waals surface area contributed by atoms with Gasteiger partial charge in [-0.1, -0.05) is 27.7 Å². The van der Waals surface area contributed by atoms with E-state index in [1.54, 1.807) is 0 Å². The molecule has 1 aromatic rings. The molecule has 108 valence electrons. The lowest BCUT2D eigenvalue weighted by molar-refractivity contribution is 0.0699. The second-order valence-corrected chi connectivity index (χ2v) is 6.52. The lowest BCUT2D eigenvalue weighted by atomic mass is 9.91. The van der Waals surface area contributed by atoms with Crippen molar-refractivity contribution in [2.24, 2.45) is 0 Å². The topological polar surface area (TPSA) is 73.7 Å². The van der Waals surface area contributed by atoms with Gasteiger partial charge < -0.3 is 10.2 Å². The fraction of sp³-hybridized carbons (Fsp3) is 0.692. The van der Waals surface area contributed by atoms with Crippen LogP contribution in [-0.2, 0) is 12.0 Å². The molecule has 0 aliphatic rings. The number of aliphatic hydroxyl groups is 1. The molecule has 0 saturated carbocycles. The minimum absolute atomic E-state index is 0.0944. The number of aliphatic hydroxyl groups excluding tert-OH is 1. The zero-order valence-corrected chi connectivity index (χ0v) is 12.8. The Morgan fingerprint density at radius 1 is 1.42 bits per heavy atom. The average molecular weight is 286 g/mol. The van der Waals surface area contributed by atoms with E-state index < -0.39 is 5.97 Å². The molecule has 2 N–H and O–H groups in total. The van der Waals surface area contributed by atoms with Crippen LogP contribution in [0.1, 0.15) is 48.1 Å². The molecule has 0 unspecified atom stereocenters. The first-order chi connectivity index (χ1) is 8.79. The minimum atomic E-state index is -0.918. The van der Waals surface area contributed by atoms with E-state index in [0.29, 0.717) is 23.7 Å². The van der Waals surface area contributed by atoms with Crippen molar-refractivity contribution in [3.05, 3.63) is 15.6 Å². The number of rotatable bonds is 6. The molecule has 0 fully saturated rings. The number of nitrogens with zero attached hydrogens (tertiary/aromatic N) is 2. The van der Waals surface area contributed by atoms with Crippen molar-refractivity contribution in [2.45, 2.75) is 39.7 Å². The smallest absolute Gasteiger partial charge is 0.347 e. The Morgan fingerprint density at radius 2 is 2.05 bits per heavy atom. The molecule has 0 spiro atoms. The summed E-state index contributed by atoms with van der Waals surface area (Å²) in [5, 5.41) is 19.0. The quantitative estimate of drug-likeness (QED) is 0.836. The molecule has 1 heterocycles. The Bertz CT molecular complexity index is 438. The van der Waals surface area contributed by atoms with Crippen LogP contribution in [-0.4, -0.2) is 45.8 Å². The number of thiazole rings is 1. The molecule has 19 heavy (non-hydrogen) atoms. The highest BCUT2D eigenvalue weighted by Gasteiger charge is 2.27. The Kier molecular flexibility index (Phi) is 5.46. The summed E-state index contributed by atoms with van der Waals surface area (Å²) in [4.78, 5) is 18.1. The van der Waals surface area contributed by atoms with Gasteiger partial charge in [-0.15, -0.1) is 11.3 Å². The lowest BCUT2D eigenvalue weighted by Gasteiger charge is -2.18. The summed E-state index contributed by atoms with van der Waals surface area (Å²) >= 11 is 1.23. The molecule has 1 aromatic heterocycles. The summed E-state index contributed by atoms with van der Waals surface area (Å²) < 4.78 is 0. The Labute approximate surface area is 117 Å². The van der Waals surface area contributed by atoms with Gasteiger partial charge in [0.2, 0.25) is 0 Å². The van der Waals surface area contributed by atoms with Gasteiger partial charge in [0.05, 0.1) is 18.8 Å². The minimum Gasteiger partial charge on any atom is -0.477 e. The molecule has 0 aliphatic heterocycles. The summed E-state index contributed by atoms with van der Waals surface area (Å²) in [6, 6.07) is 0. The maximum Gasteiger partial charge on any atom is 0.347 e. The van der Waals surface area contributed by atoms with Crippen LogP contribution >= 0.6 is 11.3 Å². The standard InChI is InChI=1S/C13H22N2O3S/c1-5-15(6-7-16)8-9-14-11(13(2,3)4)10(19-9)12(17)18/h16H,5-8H2,1-4H3,(H,17,18). The van der Waals surface area contributed by atoms with E-state index in [1.807, 2.05) is 32.6 Å². The van der Waals surface area contributed by atoms with Crippen LogP contribution < -0.4 is 0 Å². The number of carboxylic acids is 1. The molecular weight excluding hydrogens is 264 g/mol.